The van der Waals surface area contributed by atoms with Crippen LogP contribution in [0.15, 0.2) is 11.6 Å². The van der Waals surface area contributed by atoms with Gasteiger partial charge in [0.1, 0.15) is 0 Å². The van der Waals surface area contributed by atoms with Crippen LogP contribution in [0.25, 0.3) is 0 Å². The maximum absolute atomic E-state index is 11.3. The van der Waals surface area contributed by atoms with Crippen LogP contribution in [0.5, 0.6) is 0 Å². The van der Waals surface area contributed by atoms with E-state index in [1.54, 1.807) is 13.2 Å². The van der Waals surface area contributed by atoms with Crippen LogP contribution in [0, 0.1) is 0 Å². The molecule has 0 unspecified atom stereocenters. The molecule has 15 heavy (non-hydrogen) atoms. The van der Waals surface area contributed by atoms with Crippen molar-refractivity contribution in [1.82, 2.24) is 10.2 Å². The third kappa shape index (κ3) is 9.72. The van der Waals surface area contributed by atoms with Crippen molar-refractivity contribution >= 4 is 17.5 Å². The van der Waals surface area contributed by atoms with Crippen molar-refractivity contribution in [3.63, 3.8) is 0 Å². The molecule has 0 aromatic rings. The highest BCUT2D eigenvalue weighted by molar-refractivity contribution is 6.25. The number of rotatable bonds is 8. The number of likely N-dealkylation sites (N-methyl/N-ethyl adjacent to an activating group) is 1. The number of nitrogens with one attached hydrogen (secondary N) is 1. The van der Waals surface area contributed by atoms with Gasteiger partial charge >= 0.3 is 0 Å². The first-order chi connectivity index (χ1) is 7.20. The van der Waals surface area contributed by atoms with E-state index in [0.29, 0.717) is 26.2 Å². The summed E-state index contributed by atoms with van der Waals surface area (Å²) in [5, 5.41) is 2.81. The number of methoxy groups -OCH3 is 1. The average Bonchev–Trinajstić information content (AvgIpc) is 2.21. The number of ether oxygens (including phenoxy) is 1. The smallest absolute Gasteiger partial charge is 0.234 e. The summed E-state index contributed by atoms with van der Waals surface area (Å²) in [6.07, 6.45) is 2.63. The van der Waals surface area contributed by atoms with E-state index in [4.69, 9.17) is 16.3 Å². The summed E-state index contributed by atoms with van der Waals surface area (Å²) in [5.74, 6) is 0.0246. The van der Waals surface area contributed by atoms with Crippen LogP contribution in [-0.2, 0) is 9.53 Å². The fourth-order valence-electron chi connectivity index (χ4n) is 1.03. The normalized spacial score (nSPS) is 11.2. The molecule has 0 saturated carbocycles. The van der Waals surface area contributed by atoms with Crippen LogP contribution in [0.2, 0.25) is 0 Å². The second kappa shape index (κ2) is 9.96. The zero-order chi connectivity index (χ0) is 11.5. The van der Waals surface area contributed by atoms with Crippen molar-refractivity contribution in [3.8, 4) is 0 Å². The van der Waals surface area contributed by atoms with Gasteiger partial charge < -0.3 is 10.1 Å². The minimum Gasteiger partial charge on any atom is -0.385 e. The molecule has 0 aromatic carbocycles. The van der Waals surface area contributed by atoms with E-state index < -0.39 is 0 Å². The van der Waals surface area contributed by atoms with Crippen LogP contribution in [0.4, 0.5) is 0 Å². The molecule has 0 radical (unpaired) electrons. The highest BCUT2D eigenvalue weighted by Gasteiger charge is 2.03. The van der Waals surface area contributed by atoms with Gasteiger partial charge in [0.05, 0.1) is 6.54 Å². The SMILES string of the molecule is COCCCNC(=O)CN(C)C/C=C/Cl. The molecule has 1 amide bonds. The Hall–Kier alpha value is -0.580. The molecule has 1 N–H and O–H groups in total. The molecule has 0 bridgehead atoms. The largest absolute Gasteiger partial charge is 0.385 e. The predicted molar refractivity (Wildman–Crippen MR) is 62.0 cm³/mol. The van der Waals surface area contributed by atoms with Crippen LogP contribution in [-0.4, -0.2) is 51.2 Å². The minimum atomic E-state index is 0.0246. The second-order valence-corrected chi connectivity index (χ2v) is 3.51. The third-order valence-corrected chi connectivity index (χ3v) is 1.95. The molecule has 0 aliphatic carbocycles. The van der Waals surface area contributed by atoms with Crippen molar-refractivity contribution in [2.45, 2.75) is 6.42 Å². The molecule has 0 rings (SSSR count). The quantitative estimate of drug-likeness (QED) is 0.633. The van der Waals surface area contributed by atoms with E-state index in [9.17, 15) is 4.79 Å². The maximum Gasteiger partial charge on any atom is 0.234 e. The molecule has 4 nitrogen and oxygen atoms in total. The van der Waals surface area contributed by atoms with Gasteiger partial charge in [0.15, 0.2) is 0 Å². The molecular weight excluding hydrogens is 216 g/mol. The van der Waals surface area contributed by atoms with Crippen LogP contribution >= 0.6 is 11.6 Å². The molecule has 88 valence electrons. The highest BCUT2D eigenvalue weighted by Crippen LogP contribution is 1.86. The summed E-state index contributed by atoms with van der Waals surface area (Å²) in [5.41, 5.74) is 1.45. The zero-order valence-electron chi connectivity index (χ0n) is 9.33. The Kier molecular flexibility index (Phi) is 9.57. The lowest BCUT2D eigenvalue weighted by Crippen LogP contribution is -2.35. The Labute approximate surface area is 96.2 Å². The van der Waals surface area contributed by atoms with E-state index in [1.807, 2.05) is 11.9 Å². The number of halogens is 1. The zero-order valence-corrected chi connectivity index (χ0v) is 10.1. The summed E-state index contributed by atoms with van der Waals surface area (Å²) in [4.78, 5) is 13.2. The second-order valence-electron chi connectivity index (χ2n) is 3.25. The first kappa shape index (κ1) is 14.4. The van der Waals surface area contributed by atoms with Crippen molar-refractivity contribution in [2.75, 3.05) is 40.4 Å². The Morgan fingerprint density at radius 1 is 1.60 bits per heavy atom. The van der Waals surface area contributed by atoms with Gasteiger partial charge in [0.25, 0.3) is 0 Å². The standard InChI is InChI=1S/C10H19ClN2O2/c1-13(7-3-5-11)9-10(14)12-6-4-8-15-2/h3,5H,4,6-9H2,1-2H3,(H,12,14)/b5-3+. The minimum absolute atomic E-state index is 0.0246. The fourth-order valence-corrected chi connectivity index (χ4v) is 1.11. The maximum atomic E-state index is 11.3. The number of amides is 1. The van der Waals surface area contributed by atoms with Crippen LogP contribution in [0.1, 0.15) is 6.42 Å². The van der Waals surface area contributed by atoms with Crippen molar-refractivity contribution in [2.24, 2.45) is 0 Å². The molecular formula is C10H19ClN2O2. The number of carbonyl (C=O) groups is 1. The first-order valence-electron chi connectivity index (χ1n) is 4.90. The van der Waals surface area contributed by atoms with Crippen LogP contribution < -0.4 is 5.32 Å². The summed E-state index contributed by atoms with van der Waals surface area (Å²) in [7, 11) is 3.51. The molecule has 0 atom stereocenters. The molecule has 0 fully saturated rings. The topological polar surface area (TPSA) is 41.6 Å². The Balaban J connectivity index is 3.46. The van der Waals surface area contributed by atoms with Crippen molar-refractivity contribution < 1.29 is 9.53 Å². The van der Waals surface area contributed by atoms with Gasteiger partial charge in [-0.15, -0.1) is 0 Å². The van der Waals surface area contributed by atoms with E-state index in [1.165, 1.54) is 5.54 Å². The highest BCUT2D eigenvalue weighted by atomic mass is 35.5. The molecule has 0 aromatic heterocycles. The van der Waals surface area contributed by atoms with E-state index >= 15 is 0 Å². The van der Waals surface area contributed by atoms with E-state index in [2.05, 4.69) is 5.32 Å². The molecule has 0 aliphatic rings. The van der Waals surface area contributed by atoms with Gasteiger partial charge in [-0.1, -0.05) is 17.7 Å². The van der Waals surface area contributed by atoms with E-state index in [0.717, 1.165) is 6.42 Å². The molecule has 0 heterocycles. The summed E-state index contributed by atoms with van der Waals surface area (Å²) < 4.78 is 4.87. The number of carbonyl (C=O) groups excluding carboxylic acids is 1. The monoisotopic (exact) mass is 234 g/mol. The van der Waals surface area contributed by atoms with Gasteiger partial charge in [-0.05, 0) is 13.5 Å². The first-order valence-corrected chi connectivity index (χ1v) is 5.33. The van der Waals surface area contributed by atoms with Gasteiger partial charge in [-0.3, -0.25) is 9.69 Å². The molecule has 0 spiro atoms. The lowest BCUT2D eigenvalue weighted by atomic mass is 10.4. The van der Waals surface area contributed by atoms with Gasteiger partial charge in [0.2, 0.25) is 5.91 Å². The summed E-state index contributed by atoms with van der Waals surface area (Å²) in [6.45, 7) is 2.39. The summed E-state index contributed by atoms with van der Waals surface area (Å²) in [6, 6.07) is 0. The molecule has 0 aliphatic heterocycles. The predicted octanol–water partition coefficient (Wildman–Crippen LogP) is 0.823. The number of hydrogen-bond donors (Lipinski definition) is 1. The summed E-state index contributed by atoms with van der Waals surface area (Å²) >= 11 is 5.38. The Morgan fingerprint density at radius 2 is 2.33 bits per heavy atom. The Morgan fingerprint density at radius 3 is 2.93 bits per heavy atom. The van der Waals surface area contributed by atoms with Crippen LogP contribution in [0.3, 0.4) is 0 Å². The number of hydrogen-bond acceptors (Lipinski definition) is 3. The molecule has 0 saturated heterocycles. The lowest BCUT2D eigenvalue weighted by Gasteiger charge is -2.13. The average molecular weight is 235 g/mol. The van der Waals surface area contributed by atoms with Gasteiger partial charge in [0, 0.05) is 32.3 Å². The van der Waals surface area contributed by atoms with Gasteiger partial charge in [-0.25, -0.2) is 0 Å². The lowest BCUT2D eigenvalue weighted by molar-refractivity contribution is -0.121. The van der Waals surface area contributed by atoms with Gasteiger partial charge in [-0.2, -0.15) is 0 Å². The van der Waals surface area contributed by atoms with Crippen molar-refractivity contribution in [1.29, 1.82) is 0 Å². The fraction of sp³-hybridized carbons (Fsp3) is 0.700. The number of nitrogens with zero attached hydrogens (tertiary/aromatic N) is 1. The molecule has 5 heteroatoms. The third-order valence-electron chi connectivity index (χ3n) is 1.77. The van der Waals surface area contributed by atoms with E-state index in [-0.39, 0.29) is 5.91 Å². The van der Waals surface area contributed by atoms with Crippen molar-refractivity contribution in [3.05, 3.63) is 11.6 Å². The Bertz CT molecular complexity index is 198.